The van der Waals surface area contributed by atoms with Crippen LogP contribution < -0.4 is 15.2 Å². The van der Waals surface area contributed by atoms with Crippen molar-refractivity contribution >= 4 is 11.9 Å². The smallest absolute Gasteiger partial charge is 0.285 e. The highest BCUT2D eigenvalue weighted by atomic mass is 16.5. The molecule has 1 heterocycles. The zero-order chi connectivity index (χ0) is 17.1. The maximum atomic E-state index is 12.7. The van der Waals surface area contributed by atoms with Gasteiger partial charge in [0.2, 0.25) is 5.95 Å². The van der Waals surface area contributed by atoms with Gasteiger partial charge in [-0.3, -0.25) is 4.79 Å². The molecule has 0 saturated carbocycles. The third-order valence-electron chi connectivity index (χ3n) is 3.51. The van der Waals surface area contributed by atoms with Crippen LogP contribution in [0.5, 0.6) is 11.5 Å². The Kier molecular flexibility index (Phi) is 4.15. The number of nitrogen functional groups attached to an aromatic ring is 1. The summed E-state index contributed by atoms with van der Waals surface area (Å²) in [4.78, 5) is 16.8. The molecule has 0 aliphatic carbocycles. The number of para-hydroxylation sites is 1. The fourth-order valence-corrected chi connectivity index (χ4v) is 2.27. The molecule has 7 heteroatoms. The lowest BCUT2D eigenvalue weighted by Gasteiger charge is -2.07. The van der Waals surface area contributed by atoms with E-state index in [2.05, 4.69) is 10.1 Å². The molecule has 2 N–H and O–H groups in total. The van der Waals surface area contributed by atoms with Crippen LogP contribution in [0.25, 0.3) is 11.4 Å². The Morgan fingerprint density at radius 1 is 1.04 bits per heavy atom. The number of hydrogen-bond acceptors (Lipinski definition) is 6. The number of methoxy groups -OCH3 is 2. The summed E-state index contributed by atoms with van der Waals surface area (Å²) in [6, 6.07) is 14.0. The average molecular weight is 324 g/mol. The molecule has 24 heavy (non-hydrogen) atoms. The predicted octanol–water partition coefficient (Wildman–Crippen LogP) is 2.23. The lowest BCUT2D eigenvalue weighted by atomic mass is 10.2. The third kappa shape index (κ3) is 2.79. The Hall–Kier alpha value is -3.35. The van der Waals surface area contributed by atoms with Crippen LogP contribution in [0.4, 0.5) is 5.95 Å². The second-order valence-corrected chi connectivity index (χ2v) is 4.94. The molecule has 0 spiro atoms. The van der Waals surface area contributed by atoms with Gasteiger partial charge in [0, 0.05) is 5.56 Å². The quantitative estimate of drug-likeness (QED) is 0.791. The summed E-state index contributed by atoms with van der Waals surface area (Å²) in [6.45, 7) is 0. The second-order valence-electron chi connectivity index (χ2n) is 4.94. The summed E-state index contributed by atoms with van der Waals surface area (Å²) < 4.78 is 11.4. The van der Waals surface area contributed by atoms with Gasteiger partial charge in [-0.15, -0.1) is 5.10 Å². The van der Waals surface area contributed by atoms with Crippen LogP contribution in [0, 0.1) is 0 Å². The minimum Gasteiger partial charge on any atom is -0.497 e. The highest BCUT2D eigenvalue weighted by molar-refractivity contribution is 5.99. The van der Waals surface area contributed by atoms with Crippen molar-refractivity contribution in [3.63, 3.8) is 0 Å². The summed E-state index contributed by atoms with van der Waals surface area (Å²) in [5.41, 5.74) is 6.96. The van der Waals surface area contributed by atoms with E-state index >= 15 is 0 Å². The lowest BCUT2D eigenvalue weighted by Crippen LogP contribution is -2.17. The van der Waals surface area contributed by atoms with Gasteiger partial charge in [0.1, 0.15) is 11.5 Å². The van der Waals surface area contributed by atoms with Gasteiger partial charge in [0.15, 0.2) is 5.82 Å². The van der Waals surface area contributed by atoms with Crippen molar-refractivity contribution in [2.75, 3.05) is 20.0 Å². The summed E-state index contributed by atoms with van der Waals surface area (Å²) in [5, 5.41) is 4.22. The molecule has 3 aromatic rings. The largest absolute Gasteiger partial charge is 0.497 e. The lowest BCUT2D eigenvalue weighted by molar-refractivity contribution is 0.0945. The summed E-state index contributed by atoms with van der Waals surface area (Å²) in [7, 11) is 3.09. The van der Waals surface area contributed by atoms with E-state index in [4.69, 9.17) is 15.2 Å². The Bertz CT molecular complexity index is 872. The number of ether oxygens (including phenoxy) is 2. The van der Waals surface area contributed by atoms with Crippen LogP contribution in [-0.4, -0.2) is 34.9 Å². The van der Waals surface area contributed by atoms with Crippen LogP contribution >= 0.6 is 0 Å². The molecular weight excluding hydrogens is 308 g/mol. The molecule has 0 aliphatic rings. The van der Waals surface area contributed by atoms with Crippen LogP contribution in [0.15, 0.2) is 48.5 Å². The first-order valence-electron chi connectivity index (χ1n) is 7.18. The SMILES string of the molecule is COc1ccc(-c2nc(N)n(C(=O)c3ccccc3OC)n2)cc1. The highest BCUT2D eigenvalue weighted by Crippen LogP contribution is 2.23. The van der Waals surface area contributed by atoms with E-state index < -0.39 is 5.91 Å². The second kappa shape index (κ2) is 6.41. The Morgan fingerprint density at radius 3 is 2.42 bits per heavy atom. The van der Waals surface area contributed by atoms with Crippen LogP contribution in [0.3, 0.4) is 0 Å². The van der Waals surface area contributed by atoms with Gasteiger partial charge in [0.05, 0.1) is 19.8 Å². The summed E-state index contributed by atoms with van der Waals surface area (Å²) in [6.07, 6.45) is 0. The van der Waals surface area contributed by atoms with Crippen LogP contribution in [-0.2, 0) is 0 Å². The number of anilines is 1. The number of nitrogens with two attached hydrogens (primary N) is 1. The maximum absolute atomic E-state index is 12.7. The molecular formula is C17H16N4O3. The average Bonchev–Trinajstić information content (AvgIpc) is 3.03. The van der Waals surface area contributed by atoms with Gasteiger partial charge >= 0.3 is 0 Å². The topological polar surface area (TPSA) is 92.3 Å². The van der Waals surface area contributed by atoms with Crippen molar-refractivity contribution < 1.29 is 14.3 Å². The van der Waals surface area contributed by atoms with Crippen LogP contribution in [0.2, 0.25) is 0 Å². The first-order chi connectivity index (χ1) is 11.6. The molecule has 0 atom stereocenters. The van der Waals surface area contributed by atoms with Crippen molar-refractivity contribution in [3.05, 3.63) is 54.1 Å². The van der Waals surface area contributed by atoms with E-state index in [0.717, 1.165) is 16.0 Å². The van der Waals surface area contributed by atoms with Gasteiger partial charge in [-0.25, -0.2) is 0 Å². The van der Waals surface area contributed by atoms with Gasteiger partial charge in [-0.2, -0.15) is 9.67 Å². The number of nitrogens with zero attached hydrogens (tertiary/aromatic N) is 3. The van der Waals surface area contributed by atoms with E-state index in [0.29, 0.717) is 17.1 Å². The first-order valence-corrected chi connectivity index (χ1v) is 7.18. The van der Waals surface area contributed by atoms with E-state index in [-0.39, 0.29) is 5.95 Å². The molecule has 0 unspecified atom stereocenters. The number of carbonyl (C=O) groups is 1. The monoisotopic (exact) mass is 324 g/mol. The minimum atomic E-state index is -0.405. The van der Waals surface area contributed by atoms with Gasteiger partial charge in [-0.1, -0.05) is 12.1 Å². The number of rotatable bonds is 4. The van der Waals surface area contributed by atoms with Gasteiger partial charge < -0.3 is 15.2 Å². The molecule has 0 radical (unpaired) electrons. The van der Waals surface area contributed by atoms with Crippen molar-refractivity contribution in [1.82, 2.24) is 14.8 Å². The van der Waals surface area contributed by atoms with E-state index in [1.807, 2.05) is 0 Å². The zero-order valence-corrected chi connectivity index (χ0v) is 13.3. The molecule has 0 saturated heterocycles. The molecule has 0 fully saturated rings. The first kappa shape index (κ1) is 15.5. The van der Waals surface area contributed by atoms with Crippen molar-refractivity contribution in [2.45, 2.75) is 0 Å². The molecule has 0 bridgehead atoms. The summed E-state index contributed by atoms with van der Waals surface area (Å²) in [5.74, 6) is 1.13. The molecule has 122 valence electrons. The van der Waals surface area contributed by atoms with Gasteiger partial charge in [-0.05, 0) is 36.4 Å². The molecule has 3 rings (SSSR count). The van der Waals surface area contributed by atoms with Crippen LogP contribution in [0.1, 0.15) is 10.4 Å². The van der Waals surface area contributed by atoms with Crippen molar-refractivity contribution in [1.29, 1.82) is 0 Å². The zero-order valence-electron chi connectivity index (χ0n) is 13.3. The Balaban J connectivity index is 1.97. The normalized spacial score (nSPS) is 10.4. The number of benzene rings is 2. The van der Waals surface area contributed by atoms with Crippen molar-refractivity contribution in [3.8, 4) is 22.9 Å². The molecule has 0 aliphatic heterocycles. The summed E-state index contributed by atoms with van der Waals surface area (Å²) >= 11 is 0. The molecule has 1 aromatic heterocycles. The Morgan fingerprint density at radius 2 is 1.75 bits per heavy atom. The molecule has 0 amide bonds. The number of hydrogen-bond donors (Lipinski definition) is 1. The molecule has 2 aromatic carbocycles. The number of carbonyl (C=O) groups excluding carboxylic acids is 1. The van der Waals surface area contributed by atoms with E-state index in [1.54, 1.807) is 55.6 Å². The fraction of sp³-hybridized carbons (Fsp3) is 0.118. The van der Waals surface area contributed by atoms with Crippen molar-refractivity contribution in [2.24, 2.45) is 0 Å². The molecule has 7 nitrogen and oxygen atoms in total. The fourth-order valence-electron chi connectivity index (χ4n) is 2.27. The number of aromatic nitrogens is 3. The van der Waals surface area contributed by atoms with E-state index in [1.165, 1.54) is 7.11 Å². The van der Waals surface area contributed by atoms with Gasteiger partial charge in [0.25, 0.3) is 5.91 Å². The standard InChI is InChI=1S/C17H16N4O3/c1-23-12-9-7-11(8-10-12)15-19-17(18)21(20-15)16(22)13-5-3-4-6-14(13)24-2/h3-10H,1-2H3,(H2,18,19,20). The third-order valence-corrected chi connectivity index (χ3v) is 3.51. The predicted molar refractivity (Wildman–Crippen MR) is 89.1 cm³/mol. The maximum Gasteiger partial charge on any atom is 0.285 e. The minimum absolute atomic E-state index is 0.0109. The Labute approximate surface area is 138 Å². The highest BCUT2D eigenvalue weighted by Gasteiger charge is 2.19. The van der Waals surface area contributed by atoms with E-state index in [9.17, 15) is 4.79 Å².